The number of hydrogen-bond donors (Lipinski definition) is 1. The summed E-state index contributed by atoms with van der Waals surface area (Å²) in [5, 5.41) is 11.4. The van der Waals surface area contributed by atoms with E-state index in [1.165, 1.54) is 12.8 Å². The summed E-state index contributed by atoms with van der Waals surface area (Å²) in [5.74, 6) is 0.578. The number of para-hydroxylation sites is 1. The van der Waals surface area contributed by atoms with Crippen molar-refractivity contribution in [2.75, 3.05) is 17.2 Å². The second kappa shape index (κ2) is 6.78. The molecule has 1 aliphatic rings. The van der Waals surface area contributed by atoms with Gasteiger partial charge in [-0.1, -0.05) is 32.8 Å². The molecule has 0 radical (unpaired) electrons. The predicted molar refractivity (Wildman–Crippen MR) is 86.6 cm³/mol. The molecule has 0 amide bonds. The minimum Gasteiger partial charge on any atom is -0.393 e. The molecular formula is C16H25N3O2. The van der Waals surface area contributed by atoms with Gasteiger partial charge in [0, 0.05) is 12.6 Å². The highest BCUT2D eigenvalue weighted by Crippen LogP contribution is 2.37. The molecule has 1 fully saturated rings. The molecule has 21 heavy (non-hydrogen) atoms. The first-order valence-corrected chi connectivity index (χ1v) is 7.80. The Hall–Kier alpha value is -1.78. The zero-order valence-corrected chi connectivity index (χ0v) is 12.9. The zero-order valence-electron chi connectivity index (χ0n) is 12.9. The molecule has 1 aromatic rings. The molecule has 1 aromatic carbocycles. The summed E-state index contributed by atoms with van der Waals surface area (Å²) in [5.41, 5.74) is 6.85. The Morgan fingerprint density at radius 3 is 2.62 bits per heavy atom. The van der Waals surface area contributed by atoms with Crippen LogP contribution in [-0.4, -0.2) is 17.5 Å². The number of rotatable bonds is 6. The van der Waals surface area contributed by atoms with Gasteiger partial charge >= 0.3 is 5.69 Å². The third-order valence-electron chi connectivity index (χ3n) is 4.25. The van der Waals surface area contributed by atoms with Crippen molar-refractivity contribution in [2.24, 2.45) is 5.92 Å². The minimum absolute atomic E-state index is 0.0631. The highest BCUT2D eigenvalue weighted by Gasteiger charge is 2.29. The number of nitro groups is 1. The monoisotopic (exact) mass is 291 g/mol. The number of hydrogen-bond acceptors (Lipinski definition) is 4. The molecule has 0 atom stereocenters. The highest BCUT2D eigenvalue weighted by atomic mass is 16.6. The lowest BCUT2D eigenvalue weighted by molar-refractivity contribution is -0.383. The Morgan fingerprint density at radius 2 is 2.05 bits per heavy atom. The van der Waals surface area contributed by atoms with Crippen molar-refractivity contribution in [1.29, 1.82) is 0 Å². The van der Waals surface area contributed by atoms with Crippen molar-refractivity contribution >= 4 is 17.1 Å². The van der Waals surface area contributed by atoms with Crippen LogP contribution in [0.4, 0.5) is 17.1 Å². The molecule has 0 heterocycles. The third kappa shape index (κ3) is 3.65. The number of nitrogens with zero attached hydrogens (tertiary/aromatic N) is 2. The van der Waals surface area contributed by atoms with Crippen LogP contribution in [0.3, 0.4) is 0 Å². The fourth-order valence-corrected chi connectivity index (χ4v) is 3.09. The van der Waals surface area contributed by atoms with E-state index >= 15 is 0 Å². The first kappa shape index (κ1) is 15.6. The van der Waals surface area contributed by atoms with E-state index in [1.54, 1.807) is 6.07 Å². The number of nitrogens with two attached hydrogens (primary N) is 1. The molecule has 1 aliphatic carbocycles. The van der Waals surface area contributed by atoms with Gasteiger partial charge in [-0.25, -0.2) is 0 Å². The van der Waals surface area contributed by atoms with E-state index in [-0.39, 0.29) is 16.3 Å². The maximum atomic E-state index is 11.4. The van der Waals surface area contributed by atoms with Crippen LogP contribution in [0.2, 0.25) is 0 Å². The van der Waals surface area contributed by atoms with E-state index in [0.29, 0.717) is 17.6 Å². The maximum absolute atomic E-state index is 11.4. The van der Waals surface area contributed by atoms with Gasteiger partial charge in [-0.05, 0) is 37.3 Å². The molecule has 2 N–H and O–H groups in total. The molecule has 0 spiro atoms. The van der Waals surface area contributed by atoms with Crippen LogP contribution in [0.25, 0.3) is 0 Å². The lowest BCUT2D eigenvalue weighted by Gasteiger charge is -2.31. The van der Waals surface area contributed by atoms with Crippen LogP contribution in [0.5, 0.6) is 0 Å². The van der Waals surface area contributed by atoms with Crippen LogP contribution >= 0.6 is 0 Å². The number of anilines is 2. The summed E-state index contributed by atoms with van der Waals surface area (Å²) in [7, 11) is 0. The summed E-state index contributed by atoms with van der Waals surface area (Å²) in [4.78, 5) is 13.3. The van der Waals surface area contributed by atoms with Crippen molar-refractivity contribution in [3.05, 3.63) is 28.3 Å². The average Bonchev–Trinajstić information content (AvgIpc) is 2.92. The Morgan fingerprint density at radius 1 is 1.38 bits per heavy atom. The Bertz CT molecular complexity index is 496. The maximum Gasteiger partial charge on any atom is 0.315 e. The van der Waals surface area contributed by atoms with Crippen LogP contribution < -0.4 is 10.6 Å². The molecule has 0 aromatic heterocycles. The molecule has 0 bridgehead atoms. The van der Waals surface area contributed by atoms with Gasteiger partial charge in [0.1, 0.15) is 11.4 Å². The van der Waals surface area contributed by atoms with Crippen molar-refractivity contribution in [2.45, 2.75) is 52.0 Å². The van der Waals surface area contributed by atoms with Crippen molar-refractivity contribution in [3.8, 4) is 0 Å². The van der Waals surface area contributed by atoms with Crippen LogP contribution in [0, 0.1) is 16.0 Å². The van der Waals surface area contributed by atoms with Gasteiger partial charge in [-0.2, -0.15) is 0 Å². The molecule has 1 saturated carbocycles. The van der Waals surface area contributed by atoms with E-state index in [9.17, 15) is 10.1 Å². The summed E-state index contributed by atoms with van der Waals surface area (Å²) in [6, 6.07) is 5.67. The largest absolute Gasteiger partial charge is 0.393 e. The third-order valence-corrected chi connectivity index (χ3v) is 4.25. The summed E-state index contributed by atoms with van der Waals surface area (Å²) in [6.07, 6.45) is 5.68. The highest BCUT2D eigenvalue weighted by molar-refractivity contribution is 5.75. The van der Waals surface area contributed by atoms with Crippen molar-refractivity contribution < 1.29 is 4.92 Å². The molecule has 2 rings (SSSR count). The van der Waals surface area contributed by atoms with Crippen LogP contribution in [-0.2, 0) is 0 Å². The molecule has 0 aliphatic heterocycles. The van der Waals surface area contributed by atoms with Gasteiger partial charge < -0.3 is 10.6 Å². The van der Waals surface area contributed by atoms with Crippen LogP contribution in [0.1, 0.15) is 46.0 Å². The van der Waals surface area contributed by atoms with E-state index in [1.807, 2.05) is 12.1 Å². The van der Waals surface area contributed by atoms with Crippen LogP contribution in [0.15, 0.2) is 18.2 Å². The topological polar surface area (TPSA) is 72.4 Å². The van der Waals surface area contributed by atoms with Gasteiger partial charge in [-0.3, -0.25) is 10.1 Å². The summed E-state index contributed by atoms with van der Waals surface area (Å²) in [6.45, 7) is 5.22. The Balaban J connectivity index is 2.35. The van der Waals surface area contributed by atoms with E-state index in [0.717, 1.165) is 25.8 Å². The molecular weight excluding hydrogens is 266 g/mol. The standard InChI is InChI=1S/C16H25N3O2/c1-12(2)10-11-18(13-6-3-4-7-13)15-9-5-8-14(17)16(15)19(20)21/h5,8-9,12-13H,3-4,6-7,10-11,17H2,1-2H3. The summed E-state index contributed by atoms with van der Waals surface area (Å²) >= 11 is 0. The van der Waals surface area contributed by atoms with Crippen molar-refractivity contribution in [3.63, 3.8) is 0 Å². The van der Waals surface area contributed by atoms with Gasteiger partial charge in [0.25, 0.3) is 0 Å². The molecule has 5 nitrogen and oxygen atoms in total. The first-order valence-electron chi connectivity index (χ1n) is 7.80. The number of nitrogen functional groups attached to an aromatic ring is 1. The summed E-state index contributed by atoms with van der Waals surface area (Å²) < 4.78 is 0. The van der Waals surface area contributed by atoms with Gasteiger partial charge in [0.2, 0.25) is 0 Å². The Labute approximate surface area is 126 Å². The second-order valence-electron chi connectivity index (χ2n) is 6.29. The van der Waals surface area contributed by atoms with Gasteiger partial charge in [0.15, 0.2) is 0 Å². The fourth-order valence-electron chi connectivity index (χ4n) is 3.09. The quantitative estimate of drug-likeness (QED) is 0.489. The smallest absolute Gasteiger partial charge is 0.315 e. The predicted octanol–water partition coefficient (Wildman–Crippen LogP) is 3.97. The van der Waals surface area contributed by atoms with E-state index < -0.39 is 0 Å². The molecule has 0 unspecified atom stereocenters. The van der Waals surface area contributed by atoms with Crippen molar-refractivity contribution in [1.82, 2.24) is 0 Å². The number of benzene rings is 1. The number of nitro benzene ring substituents is 1. The van der Waals surface area contributed by atoms with E-state index in [4.69, 9.17) is 5.73 Å². The molecule has 5 heteroatoms. The minimum atomic E-state index is -0.345. The fraction of sp³-hybridized carbons (Fsp3) is 0.625. The van der Waals surface area contributed by atoms with E-state index in [2.05, 4.69) is 18.7 Å². The Kier molecular flexibility index (Phi) is 5.04. The van der Waals surface area contributed by atoms with Gasteiger partial charge in [-0.15, -0.1) is 0 Å². The lowest BCUT2D eigenvalue weighted by atomic mass is 10.1. The average molecular weight is 291 g/mol. The molecule has 116 valence electrons. The SMILES string of the molecule is CC(C)CCN(c1cccc(N)c1[N+](=O)[O-])C1CCCC1. The normalized spacial score (nSPS) is 15.6. The first-order chi connectivity index (χ1) is 10.0. The zero-order chi connectivity index (χ0) is 15.4. The lowest BCUT2D eigenvalue weighted by Crippen LogP contribution is -2.35. The van der Waals surface area contributed by atoms with Gasteiger partial charge in [0.05, 0.1) is 4.92 Å². The molecule has 0 saturated heterocycles. The second-order valence-corrected chi connectivity index (χ2v) is 6.29.